The number of likely N-dealkylation sites (N-methyl/N-ethyl adjacent to an activating group) is 1. The van der Waals surface area contributed by atoms with Gasteiger partial charge in [-0.05, 0) is 44.4 Å². The largest absolute Gasteiger partial charge is 0.493 e. The summed E-state index contributed by atoms with van der Waals surface area (Å²) >= 11 is 0. The molecular formula is C16H22N2O2. The molecule has 0 unspecified atom stereocenters. The Morgan fingerprint density at radius 2 is 2.15 bits per heavy atom. The van der Waals surface area contributed by atoms with Gasteiger partial charge in [0.1, 0.15) is 0 Å². The Balaban J connectivity index is 1.91. The zero-order valence-corrected chi connectivity index (χ0v) is 11.9. The SMILES string of the molecule is [2H]C([2H])([2H])N1CCC[C@@H]1Cc1c[nH]c2cc(OC)c(OC)cc12. The predicted molar refractivity (Wildman–Crippen MR) is 80.8 cm³/mol. The van der Waals surface area contributed by atoms with Gasteiger partial charge in [0.05, 0.1) is 14.2 Å². The highest BCUT2D eigenvalue weighted by Gasteiger charge is 2.22. The predicted octanol–water partition coefficient (Wildman–Crippen LogP) is 2.82. The summed E-state index contributed by atoms with van der Waals surface area (Å²) in [4.78, 5) is 4.89. The zero-order valence-electron chi connectivity index (χ0n) is 14.9. The Morgan fingerprint density at radius 3 is 2.90 bits per heavy atom. The average Bonchev–Trinajstić information content (AvgIpc) is 3.13. The number of hydrogen-bond donors (Lipinski definition) is 1. The van der Waals surface area contributed by atoms with E-state index in [4.69, 9.17) is 13.6 Å². The second kappa shape index (κ2) is 5.37. The Morgan fingerprint density at radius 1 is 1.35 bits per heavy atom. The molecule has 1 aliphatic rings. The van der Waals surface area contributed by atoms with Crippen LogP contribution in [0.25, 0.3) is 10.9 Å². The van der Waals surface area contributed by atoms with Crippen molar-refractivity contribution in [3.8, 4) is 11.5 Å². The molecule has 0 aliphatic carbocycles. The molecule has 1 aromatic heterocycles. The van der Waals surface area contributed by atoms with Crippen molar-refractivity contribution in [1.29, 1.82) is 0 Å². The van der Waals surface area contributed by atoms with E-state index in [1.165, 1.54) is 0 Å². The van der Waals surface area contributed by atoms with Gasteiger partial charge in [0.2, 0.25) is 0 Å². The number of methoxy groups -OCH3 is 2. The minimum absolute atomic E-state index is 0.0506. The molecular weight excluding hydrogens is 252 g/mol. The van der Waals surface area contributed by atoms with E-state index < -0.39 is 6.98 Å². The lowest BCUT2D eigenvalue weighted by molar-refractivity contribution is 0.310. The number of nitrogens with one attached hydrogen (secondary N) is 1. The Bertz CT molecular complexity index is 696. The zero-order chi connectivity index (χ0) is 16.6. The van der Waals surface area contributed by atoms with E-state index in [0.29, 0.717) is 24.5 Å². The summed E-state index contributed by atoms with van der Waals surface area (Å²) in [5.41, 5.74) is 2.08. The highest BCUT2D eigenvalue weighted by molar-refractivity contribution is 5.86. The van der Waals surface area contributed by atoms with Crippen LogP contribution in [0.15, 0.2) is 18.3 Å². The molecule has 1 saturated heterocycles. The summed E-state index contributed by atoms with van der Waals surface area (Å²) in [6.07, 6.45) is 4.52. The van der Waals surface area contributed by atoms with Crippen LogP contribution >= 0.6 is 0 Å². The molecule has 2 heterocycles. The van der Waals surface area contributed by atoms with Gasteiger partial charge in [0, 0.05) is 33.3 Å². The number of nitrogens with zero attached hydrogens (tertiary/aromatic N) is 1. The topological polar surface area (TPSA) is 37.5 Å². The van der Waals surface area contributed by atoms with Crippen LogP contribution in [0, 0.1) is 0 Å². The highest BCUT2D eigenvalue weighted by atomic mass is 16.5. The van der Waals surface area contributed by atoms with E-state index in [1.54, 1.807) is 19.1 Å². The number of fused-ring (bicyclic) bond motifs is 1. The molecule has 4 nitrogen and oxygen atoms in total. The summed E-state index contributed by atoms with van der Waals surface area (Å²) in [5.74, 6) is 1.36. The van der Waals surface area contributed by atoms with Crippen molar-refractivity contribution in [2.24, 2.45) is 0 Å². The first kappa shape index (κ1) is 10.1. The lowest BCUT2D eigenvalue weighted by atomic mass is 10.0. The minimum Gasteiger partial charge on any atom is -0.493 e. The maximum absolute atomic E-state index is 7.68. The third kappa shape index (κ3) is 2.24. The quantitative estimate of drug-likeness (QED) is 0.933. The van der Waals surface area contributed by atoms with Crippen LogP contribution in [0.1, 0.15) is 22.5 Å². The van der Waals surface area contributed by atoms with Gasteiger partial charge in [-0.1, -0.05) is 0 Å². The van der Waals surface area contributed by atoms with Crippen molar-refractivity contribution < 1.29 is 13.6 Å². The maximum atomic E-state index is 7.68. The molecule has 4 heteroatoms. The Hall–Kier alpha value is -1.68. The average molecular weight is 277 g/mol. The van der Waals surface area contributed by atoms with Crippen LogP contribution in [0.4, 0.5) is 0 Å². The number of rotatable bonds is 4. The van der Waals surface area contributed by atoms with E-state index >= 15 is 0 Å². The van der Waals surface area contributed by atoms with Crippen molar-refractivity contribution in [2.45, 2.75) is 25.3 Å². The number of benzene rings is 1. The second-order valence-corrected chi connectivity index (χ2v) is 5.26. The highest BCUT2D eigenvalue weighted by Crippen LogP contribution is 2.34. The van der Waals surface area contributed by atoms with Crippen LogP contribution < -0.4 is 9.47 Å². The van der Waals surface area contributed by atoms with Gasteiger partial charge >= 0.3 is 0 Å². The van der Waals surface area contributed by atoms with Gasteiger partial charge in [0.25, 0.3) is 0 Å². The Labute approximate surface area is 123 Å². The molecule has 20 heavy (non-hydrogen) atoms. The van der Waals surface area contributed by atoms with Crippen molar-refractivity contribution in [2.75, 3.05) is 27.7 Å². The number of aromatic amines is 1. The van der Waals surface area contributed by atoms with Gasteiger partial charge in [-0.15, -0.1) is 0 Å². The second-order valence-electron chi connectivity index (χ2n) is 5.26. The van der Waals surface area contributed by atoms with Crippen LogP contribution in [-0.2, 0) is 6.42 Å². The van der Waals surface area contributed by atoms with Gasteiger partial charge < -0.3 is 19.4 Å². The van der Waals surface area contributed by atoms with Crippen molar-refractivity contribution in [3.05, 3.63) is 23.9 Å². The smallest absolute Gasteiger partial charge is 0.162 e. The number of hydrogen-bond acceptors (Lipinski definition) is 3. The van der Waals surface area contributed by atoms with Gasteiger partial charge in [-0.25, -0.2) is 0 Å². The molecule has 0 amide bonds. The maximum Gasteiger partial charge on any atom is 0.162 e. The molecule has 0 radical (unpaired) electrons. The van der Waals surface area contributed by atoms with Gasteiger partial charge in [0.15, 0.2) is 11.5 Å². The molecule has 1 atom stereocenters. The minimum atomic E-state index is -2.02. The van der Waals surface area contributed by atoms with Gasteiger partial charge in [-0.2, -0.15) is 0 Å². The lowest BCUT2D eigenvalue weighted by Gasteiger charge is -2.18. The number of likely N-dealkylation sites (tertiary alicyclic amines) is 1. The van der Waals surface area contributed by atoms with E-state index in [-0.39, 0.29) is 6.04 Å². The van der Waals surface area contributed by atoms with E-state index in [9.17, 15) is 0 Å². The van der Waals surface area contributed by atoms with Crippen LogP contribution in [0.2, 0.25) is 0 Å². The summed E-state index contributed by atoms with van der Waals surface area (Å²) in [6, 6.07) is 3.91. The normalized spacial score (nSPS) is 22.5. The third-order valence-electron chi connectivity index (χ3n) is 4.10. The van der Waals surface area contributed by atoms with Gasteiger partial charge in [-0.3, -0.25) is 0 Å². The Kier molecular flexibility index (Phi) is 2.71. The van der Waals surface area contributed by atoms with E-state index in [1.807, 2.05) is 18.3 Å². The summed E-state index contributed by atoms with van der Waals surface area (Å²) in [5, 5.41) is 1.06. The number of ether oxygens (including phenoxy) is 2. The third-order valence-corrected chi connectivity index (χ3v) is 4.10. The first-order chi connectivity index (χ1) is 10.9. The number of aromatic nitrogens is 1. The fraction of sp³-hybridized carbons (Fsp3) is 0.500. The summed E-state index contributed by atoms with van der Waals surface area (Å²) in [7, 11) is 3.23. The molecule has 0 saturated carbocycles. The van der Waals surface area contributed by atoms with Crippen molar-refractivity contribution in [1.82, 2.24) is 9.88 Å². The summed E-state index contributed by atoms with van der Waals surface area (Å²) in [6.45, 7) is -1.38. The lowest BCUT2D eigenvalue weighted by Crippen LogP contribution is -2.26. The molecule has 1 fully saturated rings. The van der Waals surface area contributed by atoms with E-state index in [0.717, 1.165) is 29.3 Å². The molecule has 3 rings (SSSR count). The fourth-order valence-electron chi connectivity index (χ4n) is 2.98. The van der Waals surface area contributed by atoms with Crippen LogP contribution in [-0.4, -0.2) is 43.7 Å². The first-order valence-electron chi connectivity index (χ1n) is 8.42. The van der Waals surface area contributed by atoms with Crippen molar-refractivity contribution >= 4 is 10.9 Å². The molecule has 1 aromatic carbocycles. The monoisotopic (exact) mass is 277 g/mol. The summed E-state index contributed by atoms with van der Waals surface area (Å²) < 4.78 is 33.7. The standard InChI is InChI=1S/C16H22N2O2/c1-18-6-4-5-12(18)7-11-10-17-14-9-16(20-3)15(19-2)8-13(11)14/h8-10,12,17H,4-7H2,1-3H3/t12-/m1/s1/i1D3. The first-order valence-corrected chi connectivity index (χ1v) is 6.92. The van der Waals surface area contributed by atoms with E-state index in [2.05, 4.69) is 4.98 Å². The van der Waals surface area contributed by atoms with Crippen molar-refractivity contribution in [3.63, 3.8) is 0 Å². The molecule has 108 valence electrons. The molecule has 0 spiro atoms. The molecule has 2 aromatic rings. The van der Waals surface area contributed by atoms with Crippen LogP contribution in [0.5, 0.6) is 11.5 Å². The number of H-pyrrole nitrogens is 1. The molecule has 1 N–H and O–H groups in total. The fourth-order valence-corrected chi connectivity index (χ4v) is 2.98. The van der Waals surface area contributed by atoms with Crippen LogP contribution in [0.3, 0.4) is 0 Å². The molecule has 0 bridgehead atoms. The molecule has 1 aliphatic heterocycles.